The van der Waals surface area contributed by atoms with Gasteiger partial charge < -0.3 is 9.73 Å². The van der Waals surface area contributed by atoms with Gasteiger partial charge in [0.25, 0.3) is 11.6 Å². The molecule has 0 spiro atoms. The predicted molar refractivity (Wildman–Crippen MR) is 80.5 cm³/mol. The molecule has 0 aliphatic rings. The number of furan rings is 1. The minimum Gasteiger partial charge on any atom is -0.459 e. The number of halogens is 1. The van der Waals surface area contributed by atoms with Crippen molar-refractivity contribution in [3.63, 3.8) is 0 Å². The Kier molecular flexibility index (Phi) is 4.51. The summed E-state index contributed by atoms with van der Waals surface area (Å²) < 4.78 is 4.90. The maximum absolute atomic E-state index is 11.7. The van der Waals surface area contributed by atoms with Crippen LogP contribution in [-0.4, -0.2) is 15.9 Å². The number of carbonyl (C=O) groups is 1. The van der Waals surface area contributed by atoms with Gasteiger partial charge in [-0.1, -0.05) is 11.6 Å². The number of hydrogen-bond donors (Lipinski definition) is 2. The van der Waals surface area contributed by atoms with E-state index < -0.39 is 10.8 Å². The quantitative estimate of drug-likeness (QED) is 0.511. The van der Waals surface area contributed by atoms with E-state index >= 15 is 0 Å². The second-order valence-corrected chi connectivity index (χ2v) is 4.65. The molecule has 2 rings (SSSR count). The Morgan fingerprint density at radius 2 is 2.14 bits per heavy atom. The molecule has 0 atom stereocenters. The van der Waals surface area contributed by atoms with Crippen LogP contribution in [0.4, 0.5) is 11.4 Å². The average molecular weight is 326 g/mol. The number of nitrogens with zero attached hydrogens (tertiary/aromatic N) is 1. The van der Waals surface area contributed by atoms with E-state index in [-0.39, 0.29) is 27.3 Å². The summed E-state index contributed by atoms with van der Waals surface area (Å²) in [5.74, 6) is -0.487. The Hall–Kier alpha value is -2.45. The lowest BCUT2D eigenvalue weighted by molar-refractivity contribution is -0.383. The summed E-state index contributed by atoms with van der Waals surface area (Å²) in [7, 11) is 0. The summed E-state index contributed by atoms with van der Waals surface area (Å²) in [6, 6.07) is 7.05. The van der Waals surface area contributed by atoms with Crippen molar-refractivity contribution in [1.29, 1.82) is 0 Å². The zero-order valence-electron chi connectivity index (χ0n) is 10.3. The lowest BCUT2D eigenvalue weighted by atomic mass is 10.2. The molecule has 108 valence electrons. The highest BCUT2D eigenvalue weighted by molar-refractivity contribution is 7.80. The molecule has 9 heteroatoms. The van der Waals surface area contributed by atoms with Crippen LogP contribution >= 0.6 is 23.8 Å². The largest absolute Gasteiger partial charge is 0.459 e. The Balaban J connectivity index is 2.10. The van der Waals surface area contributed by atoms with Crippen LogP contribution in [0.25, 0.3) is 0 Å². The highest BCUT2D eigenvalue weighted by Gasteiger charge is 2.17. The van der Waals surface area contributed by atoms with Crippen LogP contribution in [-0.2, 0) is 0 Å². The summed E-state index contributed by atoms with van der Waals surface area (Å²) in [4.78, 5) is 22.0. The van der Waals surface area contributed by atoms with Gasteiger partial charge in [-0.05, 0) is 36.5 Å². The van der Waals surface area contributed by atoms with Gasteiger partial charge in [-0.3, -0.25) is 20.2 Å². The van der Waals surface area contributed by atoms with Crippen molar-refractivity contribution in [2.75, 3.05) is 5.32 Å². The van der Waals surface area contributed by atoms with Crippen LogP contribution in [0.1, 0.15) is 10.6 Å². The smallest absolute Gasteiger partial charge is 0.294 e. The fourth-order valence-corrected chi connectivity index (χ4v) is 1.86. The van der Waals surface area contributed by atoms with E-state index in [1.807, 2.05) is 0 Å². The van der Waals surface area contributed by atoms with Crippen LogP contribution in [0, 0.1) is 10.1 Å². The molecule has 0 aliphatic heterocycles. The average Bonchev–Trinajstić information content (AvgIpc) is 2.94. The van der Waals surface area contributed by atoms with Crippen LogP contribution < -0.4 is 10.6 Å². The topological polar surface area (TPSA) is 97.4 Å². The first-order valence-electron chi connectivity index (χ1n) is 5.57. The fourth-order valence-electron chi connectivity index (χ4n) is 1.49. The molecule has 1 aromatic heterocycles. The van der Waals surface area contributed by atoms with E-state index in [1.165, 1.54) is 30.5 Å². The number of carbonyl (C=O) groups excluding carboxylic acids is 1. The van der Waals surface area contributed by atoms with Crippen LogP contribution in [0.3, 0.4) is 0 Å². The number of rotatable bonds is 3. The third-order valence-corrected chi connectivity index (χ3v) is 2.82. The molecule has 2 N–H and O–H groups in total. The molecule has 1 amide bonds. The number of thiocarbonyl (C=S) groups is 1. The maximum Gasteiger partial charge on any atom is 0.294 e. The van der Waals surface area contributed by atoms with Gasteiger partial charge in [0.1, 0.15) is 5.69 Å². The molecule has 0 saturated carbocycles. The summed E-state index contributed by atoms with van der Waals surface area (Å²) in [6.45, 7) is 0. The van der Waals surface area contributed by atoms with Gasteiger partial charge in [0, 0.05) is 11.1 Å². The van der Waals surface area contributed by atoms with Crippen LogP contribution in [0.15, 0.2) is 41.0 Å². The van der Waals surface area contributed by atoms with Gasteiger partial charge in [-0.2, -0.15) is 0 Å². The molecular formula is C12H8ClN3O4S. The van der Waals surface area contributed by atoms with Gasteiger partial charge in [-0.15, -0.1) is 0 Å². The van der Waals surface area contributed by atoms with Gasteiger partial charge in [0.05, 0.1) is 11.2 Å². The standard InChI is InChI=1S/C12H8ClN3O4S/c13-7-3-4-8(9(6-7)16(18)19)14-12(21)15-11(17)10-2-1-5-20-10/h1-6H,(H2,14,15,17,21). The number of nitro benzene ring substituents is 1. The van der Waals surface area contributed by atoms with Gasteiger partial charge in [0.2, 0.25) is 0 Å². The van der Waals surface area contributed by atoms with Gasteiger partial charge in [-0.25, -0.2) is 0 Å². The van der Waals surface area contributed by atoms with Gasteiger partial charge in [0.15, 0.2) is 10.9 Å². The maximum atomic E-state index is 11.7. The third kappa shape index (κ3) is 3.77. The van der Waals surface area contributed by atoms with Crippen molar-refractivity contribution in [1.82, 2.24) is 5.32 Å². The second-order valence-electron chi connectivity index (χ2n) is 3.80. The van der Waals surface area contributed by atoms with Gasteiger partial charge >= 0.3 is 0 Å². The monoisotopic (exact) mass is 325 g/mol. The van der Waals surface area contributed by atoms with Crippen molar-refractivity contribution in [3.05, 3.63) is 57.5 Å². The normalized spacial score (nSPS) is 9.95. The number of nitrogens with one attached hydrogen (secondary N) is 2. The summed E-state index contributed by atoms with van der Waals surface area (Å²) >= 11 is 10.6. The molecule has 0 unspecified atom stereocenters. The minimum absolute atomic E-state index is 0.0738. The molecule has 2 aromatic rings. The molecule has 21 heavy (non-hydrogen) atoms. The van der Waals surface area contributed by atoms with E-state index in [4.69, 9.17) is 28.2 Å². The first-order valence-corrected chi connectivity index (χ1v) is 6.36. The zero-order chi connectivity index (χ0) is 15.4. The fraction of sp³-hybridized carbons (Fsp3) is 0. The lowest BCUT2D eigenvalue weighted by Gasteiger charge is -2.09. The predicted octanol–water partition coefficient (Wildman–Crippen LogP) is 2.97. The lowest BCUT2D eigenvalue weighted by Crippen LogP contribution is -2.34. The molecule has 0 fully saturated rings. The van der Waals surface area contributed by atoms with Crippen LogP contribution in [0.5, 0.6) is 0 Å². The molecule has 0 aliphatic carbocycles. The van der Waals surface area contributed by atoms with Crippen LogP contribution in [0.2, 0.25) is 5.02 Å². The molecule has 0 bridgehead atoms. The summed E-state index contributed by atoms with van der Waals surface area (Å²) in [6.07, 6.45) is 1.34. The van der Waals surface area contributed by atoms with E-state index in [0.29, 0.717) is 0 Å². The Bertz CT molecular complexity index is 703. The van der Waals surface area contributed by atoms with E-state index in [2.05, 4.69) is 10.6 Å². The van der Waals surface area contributed by atoms with Crippen molar-refractivity contribution in [2.24, 2.45) is 0 Å². The van der Waals surface area contributed by atoms with E-state index in [1.54, 1.807) is 6.07 Å². The summed E-state index contributed by atoms with van der Waals surface area (Å²) in [5.41, 5.74) is -0.133. The molecule has 0 saturated heterocycles. The first-order chi connectivity index (χ1) is 9.97. The minimum atomic E-state index is -0.606. The highest BCUT2D eigenvalue weighted by Crippen LogP contribution is 2.27. The van der Waals surface area contributed by atoms with Crippen molar-refractivity contribution in [2.45, 2.75) is 0 Å². The second kappa shape index (κ2) is 6.33. The molecule has 1 heterocycles. The number of benzene rings is 1. The molecular weight excluding hydrogens is 318 g/mol. The Morgan fingerprint density at radius 1 is 1.38 bits per heavy atom. The van der Waals surface area contributed by atoms with Crippen molar-refractivity contribution in [3.8, 4) is 0 Å². The number of amides is 1. The van der Waals surface area contributed by atoms with Crippen molar-refractivity contribution >= 4 is 46.2 Å². The third-order valence-electron chi connectivity index (χ3n) is 2.38. The Morgan fingerprint density at radius 3 is 2.76 bits per heavy atom. The van der Waals surface area contributed by atoms with Crippen molar-refractivity contribution < 1.29 is 14.1 Å². The number of anilines is 1. The summed E-state index contributed by atoms with van der Waals surface area (Å²) in [5, 5.41) is 16.0. The SMILES string of the molecule is O=C(NC(=S)Nc1ccc(Cl)cc1[N+](=O)[O-])c1ccco1. The molecule has 0 radical (unpaired) electrons. The zero-order valence-corrected chi connectivity index (χ0v) is 11.9. The first kappa shape index (κ1) is 14.9. The molecule has 7 nitrogen and oxygen atoms in total. The van der Waals surface area contributed by atoms with E-state index in [9.17, 15) is 14.9 Å². The van der Waals surface area contributed by atoms with E-state index in [0.717, 1.165) is 0 Å². The highest BCUT2D eigenvalue weighted by atomic mass is 35.5. The molecule has 1 aromatic carbocycles. The number of hydrogen-bond acceptors (Lipinski definition) is 5. The number of nitro groups is 1. The Labute approximate surface area is 129 Å².